The van der Waals surface area contributed by atoms with E-state index in [0.29, 0.717) is 6.61 Å². The lowest BCUT2D eigenvalue weighted by molar-refractivity contribution is 0.341. The third-order valence-electron chi connectivity index (χ3n) is 1.84. The number of rotatable bonds is 4. The van der Waals surface area contributed by atoms with E-state index in [1.807, 2.05) is 0 Å². The number of benzene rings is 1. The Bertz CT molecular complexity index is 323. The van der Waals surface area contributed by atoms with Gasteiger partial charge in [-0.3, -0.25) is 0 Å². The lowest BCUT2D eigenvalue weighted by Crippen LogP contribution is -2.05. The van der Waals surface area contributed by atoms with Crippen molar-refractivity contribution >= 4 is 0 Å². The van der Waals surface area contributed by atoms with Gasteiger partial charge in [0.1, 0.15) is 6.61 Å². The standard InChI is InChI=1S/C11H14FNO/c1-3-6-14-11-5-4-9(8(2)13)7-10(11)12/h3-5,7-8H,1,6,13H2,2H3. The fourth-order valence-electron chi connectivity index (χ4n) is 1.07. The van der Waals surface area contributed by atoms with Crippen molar-refractivity contribution in [1.82, 2.24) is 0 Å². The second-order valence-corrected chi connectivity index (χ2v) is 3.08. The molecule has 76 valence electrons. The average molecular weight is 195 g/mol. The van der Waals surface area contributed by atoms with Crippen LogP contribution < -0.4 is 10.5 Å². The summed E-state index contributed by atoms with van der Waals surface area (Å²) in [5.41, 5.74) is 6.37. The summed E-state index contributed by atoms with van der Waals surface area (Å²) in [5.74, 6) is -0.157. The fourth-order valence-corrected chi connectivity index (χ4v) is 1.07. The van der Waals surface area contributed by atoms with Crippen molar-refractivity contribution in [2.24, 2.45) is 5.73 Å². The van der Waals surface area contributed by atoms with Gasteiger partial charge in [-0.05, 0) is 24.6 Å². The summed E-state index contributed by atoms with van der Waals surface area (Å²) in [6.45, 7) is 5.59. The molecule has 1 unspecified atom stereocenters. The molecule has 1 aromatic rings. The van der Waals surface area contributed by atoms with Gasteiger partial charge in [-0.2, -0.15) is 0 Å². The molecule has 0 spiro atoms. The second-order valence-electron chi connectivity index (χ2n) is 3.08. The summed E-state index contributed by atoms with van der Waals surface area (Å²) in [6, 6.07) is 4.56. The molecule has 0 aromatic heterocycles. The molecule has 0 bridgehead atoms. The minimum absolute atomic E-state index is 0.169. The normalized spacial score (nSPS) is 12.2. The van der Waals surface area contributed by atoms with Gasteiger partial charge in [0, 0.05) is 6.04 Å². The van der Waals surface area contributed by atoms with Gasteiger partial charge in [-0.15, -0.1) is 0 Å². The molecule has 0 heterocycles. The molecule has 1 rings (SSSR count). The fraction of sp³-hybridized carbons (Fsp3) is 0.273. The van der Waals surface area contributed by atoms with E-state index in [-0.39, 0.29) is 17.6 Å². The molecular weight excluding hydrogens is 181 g/mol. The molecule has 0 amide bonds. The molecular formula is C11H14FNO. The van der Waals surface area contributed by atoms with Crippen LogP contribution in [-0.4, -0.2) is 6.61 Å². The number of hydrogen-bond acceptors (Lipinski definition) is 2. The summed E-state index contributed by atoms with van der Waals surface area (Å²) in [5, 5.41) is 0. The summed E-state index contributed by atoms with van der Waals surface area (Å²) in [4.78, 5) is 0. The van der Waals surface area contributed by atoms with Crippen LogP contribution >= 0.6 is 0 Å². The van der Waals surface area contributed by atoms with E-state index in [9.17, 15) is 4.39 Å². The third-order valence-corrected chi connectivity index (χ3v) is 1.84. The first-order chi connectivity index (χ1) is 6.65. The highest BCUT2D eigenvalue weighted by Crippen LogP contribution is 2.20. The lowest BCUT2D eigenvalue weighted by Gasteiger charge is -2.08. The zero-order chi connectivity index (χ0) is 10.6. The van der Waals surface area contributed by atoms with E-state index in [2.05, 4.69) is 6.58 Å². The van der Waals surface area contributed by atoms with Crippen LogP contribution in [0.15, 0.2) is 30.9 Å². The van der Waals surface area contributed by atoms with Crippen LogP contribution in [0.5, 0.6) is 5.75 Å². The molecule has 2 nitrogen and oxygen atoms in total. The Morgan fingerprint density at radius 2 is 2.36 bits per heavy atom. The van der Waals surface area contributed by atoms with Gasteiger partial charge in [-0.25, -0.2) is 4.39 Å². The average Bonchev–Trinajstić information content (AvgIpc) is 2.15. The van der Waals surface area contributed by atoms with E-state index in [0.717, 1.165) is 5.56 Å². The van der Waals surface area contributed by atoms with E-state index in [1.165, 1.54) is 6.07 Å². The quantitative estimate of drug-likeness (QED) is 0.749. The van der Waals surface area contributed by atoms with E-state index in [4.69, 9.17) is 10.5 Å². The summed E-state index contributed by atoms with van der Waals surface area (Å²) in [7, 11) is 0. The Morgan fingerprint density at radius 3 is 2.86 bits per heavy atom. The Balaban J connectivity index is 2.84. The predicted molar refractivity (Wildman–Crippen MR) is 54.7 cm³/mol. The maximum absolute atomic E-state index is 13.3. The molecule has 1 atom stereocenters. The van der Waals surface area contributed by atoms with Crippen LogP contribution in [-0.2, 0) is 0 Å². The zero-order valence-electron chi connectivity index (χ0n) is 8.16. The van der Waals surface area contributed by atoms with Crippen molar-refractivity contribution in [3.8, 4) is 5.75 Å². The summed E-state index contributed by atoms with van der Waals surface area (Å²) in [6.07, 6.45) is 1.57. The number of hydrogen-bond donors (Lipinski definition) is 1. The van der Waals surface area contributed by atoms with Crippen molar-refractivity contribution < 1.29 is 9.13 Å². The molecule has 3 heteroatoms. The van der Waals surface area contributed by atoms with Crippen molar-refractivity contribution in [1.29, 1.82) is 0 Å². The smallest absolute Gasteiger partial charge is 0.165 e. The Morgan fingerprint density at radius 1 is 1.64 bits per heavy atom. The first kappa shape index (κ1) is 10.7. The molecule has 0 saturated carbocycles. The van der Waals surface area contributed by atoms with Crippen molar-refractivity contribution in [2.75, 3.05) is 6.61 Å². The van der Waals surface area contributed by atoms with Crippen LogP contribution in [0.1, 0.15) is 18.5 Å². The van der Waals surface area contributed by atoms with Gasteiger partial charge < -0.3 is 10.5 Å². The number of nitrogens with two attached hydrogens (primary N) is 1. The highest BCUT2D eigenvalue weighted by Gasteiger charge is 2.06. The minimum atomic E-state index is -0.387. The lowest BCUT2D eigenvalue weighted by atomic mass is 10.1. The van der Waals surface area contributed by atoms with Gasteiger partial charge in [0.2, 0.25) is 0 Å². The van der Waals surface area contributed by atoms with Crippen LogP contribution in [0.4, 0.5) is 4.39 Å². The number of halogens is 1. The summed E-state index contributed by atoms with van der Waals surface area (Å²) < 4.78 is 18.4. The van der Waals surface area contributed by atoms with Crippen LogP contribution in [0.3, 0.4) is 0 Å². The van der Waals surface area contributed by atoms with Crippen molar-refractivity contribution in [2.45, 2.75) is 13.0 Å². The second kappa shape index (κ2) is 4.77. The maximum atomic E-state index is 13.3. The van der Waals surface area contributed by atoms with Gasteiger partial charge in [0.15, 0.2) is 11.6 Å². The largest absolute Gasteiger partial charge is 0.486 e. The molecule has 14 heavy (non-hydrogen) atoms. The highest BCUT2D eigenvalue weighted by atomic mass is 19.1. The zero-order valence-corrected chi connectivity index (χ0v) is 8.16. The number of ether oxygens (including phenoxy) is 1. The molecule has 0 fully saturated rings. The van der Waals surface area contributed by atoms with Crippen LogP contribution in [0.25, 0.3) is 0 Å². The highest BCUT2D eigenvalue weighted by molar-refractivity contribution is 5.30. The van der Waals surface area contributed by atoms with Crippen molar-refractivity contribution in [3.05, 3.63) is 42.2 Å². The van der Waals surface area contributed by atoms with Gasteiger partial charge in [0.05, 0.1) is 0 Å². The Hall–Kier alpha value is -1.35. The molecule has 0 saturated heterocycles. The third kappa shape index (κ3) is 2.57. The molecule has 0 radical (unpaired) electrons. The van der Waals surface area contributed by atoms with Gasteiger partial charge >= 0.3 is 0 Å². The SMILES string of the molecule is C=CCOc1ccc(C(C)N)cc1F. The predicted octanol–water partition coefficient (Wildman–Crippen LogP) is 2.41. The van der Waals surface area contributed by atoms with E-state index in [1.54, 1.807) is 25.1 Å². The van der Waals surface area contributed by atoms with Gasteiger partial charge in [-0.1, -0.05) is 18.7 Å². The van der Waals surface area contributed by atoms with E-state index >= 15 is 0 Å². The van der Waals surface area contributed by atoms with Crippen LogP contribution in [0, 0.1) is 5.82 Å². The first-order valence-corrected chi connectivity index (χ1v) is 4.44. The van der Waals surface area contributed by atoms with E-state index < -0.39 is 0 Å². The molecule has 2 N–H and O–H groups in total. The molecule has 1 aromatic carbocycles. The molecule has 0 aliphatic carbocycles. The molecule has 0 aliphatic rings. The molecule has 0 aliphatic heterocycles. The summed E-state index contributed by atoms with van der Waals surface area (Å²) >= 11 is 0. The van der Waals surface area contributed by atoms with Crippen LogP contribution in [0.2, 0.25) is 0 Å². The first-order valence-electron chi connectivity index (χ1n) is 4.44. The topological polar surface area (TPSA) is 35.2 Å². The maximum Gasteiger partial charge on any atom is 0.165 e. The van der Waals surface area contributed by atoms with Crippen molar-refractivity contribution in [3.63, 3.8) is 0 Å². The van der Waals surface area contributed by atoms with Gasteiger partial charge in [0.25, 0.3) is 0 Å². The monoisotopic (exact) mass is 195 g/mol. The Labute approximate surface area is 83.2 Å². The Kier molecular flexibility index (Phi) is 3.65. The minimum Gasteiger partial charge on any atom is -0.486 e.